The Morgan fingerprint density at radius 3 is 2.53 bits per heavy atom. The Morgan fingerprint density at radius 2 is 1.87 bits per heavy atom. The quantitative estimate of drug-likeness (QED) is 0.787. The average molecular weight is 429 g/mol. The number of sulfonamides is 1. The molecular formula is C21H24N4O4S. The molecule has 1 aromatic carbocycles. The third kappa shape index (κ3) is 4.22. The highest BCUT2D eigenvalue weighted by Crippen LogP contribution is 2.27. The van der Waals surface area contributed by atoms with Gasteiger partial charge in [0.2, 0.25) is 21.8 Å². The number of pyridine rings is 1. The molecule has 9 heteroatoms. The first-order chi connectivity index (χ1) is 14.4. The zero-order chi connectivity index (χ0) is 21.1. The second kappa shape index (κ2) is 8.53. The number of rotatable bonds is 5. The van der Waals surface area contributed by atoms with Gasteiger partial charge in [-0.05, 0) is 55.7 Å². The Balaban J connectivity index is 1.45. The predicted molar refractivity (Wildman–Crippen MR) is 112 cm³/mol. The van der Waals surface area contributed by atoms with Crippen molar-refractivity contribution in [1.82, 2.24) is 9.29 Å². The number of carbonyl (C=O) groups excluding carboxylic acids is 2. The molecule has 0 saturated carbocycles. The van der Waals surface area contributed by atoms with E-state index in [0.717, 1.165) is 6.42 Å². The average Bonchev–Trinajstić information content (AvgIpc) is 3.20. The highest BCUT2D eigenvalue weighted by Gasteiger charge is 2.33. The Kier molecular flexibility index (Phi) is 5.83. The number of nitrogens with one attached hydrogen (secondary N) is 1. The lowest BCUT2D eigenvalue weighted by Gasteiger charge is -2.31. The van der Waals surface area contributed by atoms with Crippen molar-refractivity contribution < 1.29 is 18.0 Å². The second-order valence-electron chi connectivity index (χ2n) is 7.55. The van der Waals surface area contributed by atoms with Crippen LogP contribution in [-0.4, -0.2) is 49.2 Å². The summed E-state index contributed by atoms with van der Waals surface area (Å²) in [7, 11) is -3.72. The largest absolute Gasteiger partial charge is 0.312 e. The highest BCUT2D eigenvalue weighted by atomic mass is 32.2. The van der Waals surface area contributed by atoms with Crippen LogP contribution in [0.4, 0.5) is 11.5 Å². The van der Waals surface area contributed by atoms with Gasteiger partial charge in [0.1, 0.15) is 5.82 Å². The van der Waals surface area contributed by atoms with Crippen LogP contribution in [0.25, 0.3) is 0 Å². The van der Waals surface area contributed by atoms with E-state index >= 15 is 0 Å². The fourth-order valence-electron chi connectivity index (χ4n) is 3.91. The molecule has 8 nitrogen and oxygen atoms in total. The molecule has 2 fully saturated rings. The molecule has 3 heterocycles. The Bertz CT molecular complexity index is 1020. The minimum absolute atomic E-state index is 0.0587. The number of hydrogen-bond donors (Lipinski definition) is 1. The van der Waals surface area contributed by atoms with Crippen molar-refractivity contribution in [3.63, 3.8) is 0 Å². The van der Waals surface area contributed by atoms with Crippen molar-refractivity contribution in [3.05, 3.63) is 48.7 Å². The van der Waals surface area contributed by atoms with E-state index < -0.39 is 15.9 Å². The van der Waals surface area contributed by atoms with Crippen LogP contribution in [0.15, 0.2) is 53.6 Å². The number of anilines is 2. The van der Waals surface area contributed by atoms with E-state index in [1.807, 2.05) is 0 Å². The zero-order valence-corrected chi connectivity index (χ0v) is 17.3. The normalized spacial score (nSPS) is 20.3. The van der Waals surface area contributed by atoms with Gasteiger partial charge in [0.05, 0.1) is 10.8 Å². The molecular weight excluding hydrogens is 404 g/mol. The summed E-state index contributed by atoms with van der Waals surface area (Å²) in [5.74, 6) is -0.147. The number of nitrogens with zero attached hydrogens (tertiary/aromatic N) is 3. The number of carbonyl (C=O) groups is 2. The summed E-state index contributed by atoms with van der Waals surface area (Å²) < 4.78 is 27.6. The first-order valence-electron chi connectivity index (χ1n) is 10.1. The first-order valence-corrected chi connectivity index (χ1v) is 11.5. The summed E-state index contributed by atoms with van der Waals surface area (Å²) in [6, 6.07) is 11.6. The number of aromatic nitrogens is 1. The van der Waals surface area contributed by atoms with Crippen LogP contribution < -0.4 is 10.2 Å². The lowest BCUT2D eigenvalue weighted by Crippen LogP contribution is -2.43. The summed E-state index contributed by atoms with van der Waals surface area (Å²) in [6.45, 7) is 1.17. The summed E-state index contributed by atoms with van der Waals surface area (Å²) in [6.07, 6.45) is 4.16. The molecule has 30 heavy (non-hydrogen) atoms. The van der Waals surface area contributed by atoms with Gasteiger partial charge >= 0.3 is 0 Å². The molecule has 2 aliphatic heterocycles. The van der Waals surface area contributed by atoms with E-state index in [1.54, 1.807) is 41.4 Å². The van der Waals surface area contributed by atoms with Gasteiger partial charge in [-0.3, -0.25) is 9.59 Å². The van der Waals surface area contributed by atoms with Gasteiger partial charge in [-0.2, -0.15) is 4.31 Å². The van der Waals surface area contributed by atoms with Crippen molar-refractivity contribution in [3.8, 4) is 0 Å². The molecule has 1 atom stereocenters. The lowest BCUT2D eigenvalue weighted by atomic mass is 9.99. The van der Waals surface area contributed by atoms with E-state index in [0.29, 0.717) is 43.9 Å². The molecule has 0 spiro atoms. The third-order valence-electron chi connectivity index (χ3n) is 5.53. The van der Waals surface area contributed by atoms with Gasteiger partial charge in [0, 0.05) is 37.9 Å². The van der Waals surface area contributed by atoms with Crippen LogP contribution in [0, 0.1) is 5.92 Å². The number of piperidine rings is 1. The Hall–Kier alpha value is -2.78. The van der Waals surface area contributed by atoms with Crippen molar-refractivity contribution in [2.75, 3.05) is 29.9 Å². The van der Waals surface area contributed by atoms with Gasteiger partial charge in [0.25, 0.3) is 0 Å². The van der Waals surface area contributed by atoms with E-state index in [2.05, 4.69) is 10.3 Å². The topological polar surface area (TPSA) is 99.7 Å². The molecule has 1 N–H and O–H groups in total. The van der Waals surface area contributed by atoms with Gasteiger partial charge in [-0.15, -0.1) is 0 Å². The molecule has 2 saturated heterocycles. The zero-order valence-electron chi connectivity index (χ0n) is 16.5. The Labute approximate surface area is 175 Å². The molecule has 0 radical (unpaired) electrons. The summed E-state index contributed by atoms with van der Waals surface area (Å²) >= 11 is 0. The van der Waals surface area contributed by atoms with Crippen molar-refractivity contribution >= 4 is 33.3 Å². The minimum atomic E-state index is -3.72. The van der Waals surface area contributed by atoms with Gasteiger partial charge in [-0.1, -0.05) is 6.07 Å². The molecule has 0 unspecified atom stereocenters. The second-order valence-corrected chi connectivity index (χ2v) is 9.49. The van der Waals surface area contributed by atoms with Crippen molar-refractivity contribution in [2.24, 2.45) is 5.92 Å². The maximum Gasteiger partial charge on any atom is 0.243 e. The fourth-order valence-corrected chi connectivity index (χ4v) is 5.43. The van der Waals surface area contributed by atoms with Gasteiger partial charge in [0.15, 0.2) is 0 Å². The third-order valence-corrected chi connectivity index (χ3v) is 7.41. The predicted octanol–water partition coefficient (Wildman–Crippen LogP) is 2.25. The highest BCUT2D eigenvalue weighted by molar-refractivity contribution is 7.89. The molecule has 158 valence electrons. The van der Waals surface area contributed by atoms with Gasteiger partial charge < -0.3 is 10.2 Å². The van der Waals surface area contributed by atoms with Gasteiger partial charge in [-0.25, -0.2) is 13.4 Å². The van der Waals surface area contributed by atoms with Crippen molar-refractivity contribution in [1.29, 1.82) is 0 Å². The number of hydrogen-bond acceptors (Lipinski definition) is 5. The molecule has 2 aromatic rings. The van der Waals surface area contributed by atoms with E-state index in [1.165, 1.54) is 16.4 Å². The summed E-state index contributed by atoms with van der Waals surface area (Å²) in [4.78, 5) is 30.4. The van der Waals surface area contributed by atoms with Crippen molar-refractivity contribution in [2.45, 2.75) is 30.6 Å². The number of amides is 2. The van der Waals surface area contributed by atoms with Crippen LogP contribution >= 0.6 is 0 Å². The maximum absolute atomic E-state index is 13.1. The standard InChI is InChI=1S/C21H24N4O4S/c26-20-7-4-14-25(20)17-8-10-18(11-9-17)30(28,29)24-13-3-5-16(15-24)21(27)23-19-6-1-2-12-22-19/h1-2,6,8-12,16H,3-5,7,13-15H2,(H,22,23,27)/t16-/m0/s1. The molecule has 0 aliphatic carbocycles. The molecule has 4 rings (SSSR count). The lowest BCUT2D eigenvalue weighted by molar-refractivity contribution is -0.121. The summed E-state index contributed by atoms with van der Waals surface area (Å²) in [5, 5.41) is 2.76. The van der Waals surface area contributed by atoms with Crippen LogP contribution in [-0.2, 0) is 19.6 Å². The Morgan fingerprint density at radius 1 is 1.07 bits per heavy atom. The van der Waals surface area contributed by atoms with E-state index in [9.17, 15) is 18.0 Å². The van der Waals surface area contributed by atoms with E-state index in [-0.39, 0.29) is 23.3 Å². The number of benzene rings is 1. The first kappa shape index (κ1) is 20.5. The molecule has 0 bridgehead atoms. The SMILES string of the molecule is O=C(Nc1ccccn1)[C@H]1CCCN(S(=O)(=O)c2ccc(N3CCCC3=O)cc2)C1. The fraction of sp³-hybridized carbons (Fsp3) is 0.381. The summed E-state index contributed by atoms with van der Waals surface area (Å²) in [5.41, 5.74) is 0.711. The molecule has 2 aliphatic rings. The van der Waals surface area contributed by atoms with Crippen LogP contribution in [0.3, 0.4) is 0 Å². The maximum atomic E-state index is 13.1. The van der Waals surface area contributed by atoms with Crippen LogP contribution in [0.5, 0.6) is 0 Å². The monoisotopic (exact) mass is 428 g/mol. The minimum Gasteiger partial charge on any atom is -0.312 e. The molecule has 1 aromatic heterocycles. The molecule has 2 amide bonds. The van der Waals surface area contributed by atoms with Crippen LogP contribution in [0.1, 0.15) is 25.7 Å². The van der Waals surface area contributed by atoms with E-state index in [4.69, 9.17) is 0 Å². The smallest absolute Gasteiger partial charge is 0.243 e. The van der Waals surface area contributed by atoms with Crippen LogP contribution in [0.2, 0.25) is 0 Å².